The van der Waals surface area contributed by atoms with Gasteiger partial charge in [0.2, 0.25) is 0 Å². The molecule has 1 rings (SSSR count). The highest BCUT2D eigenvalue weighted by molar-refractivity contribution is 5.88. The van der Waals surface area contributed by atoms with E-state index in [4.69, 9.17) is 9.84 Å². The van der Waals surface area contributed by atoms with Gasteiger partial charge >= 0.3 is 17.9 Å². The fourth-order valence-corrected chi connectivity index (χ4v) is 1.18. The Kier molecular flexibility index (Phi) is 4.86. The van der Waals surface area contributed by atoms with Gasteiger partial charge in [-0.1, -0.05) is 6.07 Å². The first-order valence-corrected chi connectivity index (χ1v) is 5.14. The van der Waals surface area contributed by atoms with Crippen LogP contribution in [0.1, 0.15) is 23.2 Å². The fraction of sp³-hybridized carbons (Fsp3) is 0.250. The second-order valence-corrected chi connectivity index (χ2v) is 3.38. The zero-order valence-electron chi connectivity index (χ0n) is 9.71. The molecular formula is C12H12O6. The maximum absolute atomic E-state index is 11.3. The number of hydrogen-bond acceptors (Lipinski definition) is 5. The number of aromatic carboxylic acids is 1. The third-order valence-corrected chi connectivity index (χ3v) is 2.07. The Bertz CT molecular complexity index is 465. The number of carbonyl (C=O) groups is 3. The van der Waals surface area contributed by atoms with Crippen molar-refractivity contribution in [3.8, 4) is 5.75 Å². The average Bonchev–Trinajstić information content (AvgIpc) is 2.36. The van der Waals surface area contributed by atoms with Gasteiger partial charge in [-0.2, -0.15) is 0 Å². The monoisotopic (exact) mass is 252 g/mol. The summed E-state index contributed by atoms with van der Waals surface area (Å²) in [5.74, 6) is -2.11. The Balaban J connectivity index is 2.56. The lowest BCUT2D eigenvalue weighted by molar-refractivity contribution is -0.144. The maximum atomic E-state index is 11.3. The fourth-order valence-electron chi connectivity index (χ4n) is 1.18. The molecule has 0 spiro atoms. The van der Waals surface area contributed by atoms with Crippen LogP contribution in [0.25, 0.3) is 0 Å². The first-order chi connectivity index (χ1) is 8.52. The molecule has 1 aromatic carbocycles. The molecule has 0 aliphatic rings. The third kappa shape index (κ3) is 4.25. The van der Waals surface area contributed by atoms with Crippen LogP contribution in [0.4, 0.5) is 0 Å². The van der Waals surface area contributed by atoms with Crippen molar-refractivity contribution >= 4 is 17.9 Å². The molecule has 6 nitrogen and oxygen atoms in total. The minimum atomic E-state index is -1.11. The quantitative estimate of drug-likeness (QED) is 0.626. The molecule has 0 aliphatic carbocycles. The molecule has 1 N–H and O–H groups in total. The molecule has 0 unspecified atom stereocenters. The summed E-state index contributed by atoms with van der Waals surface area (Å²) in [6.45, 7) is 0. The van der Waals surface area contributed by atoms with Gasteiger partial charge in [-0.05, 0) is 18.2 Å². The van der Waals surface area contributed by atoms with E-state index < -0.39 is 17.9 Å². The molecule has 0 amide bonds. The summed E-state index contributed by atoms with van der Waals surface area (Å²) < 4.78 is 9.27. The Morgan fingerprint density at radius 2 is 1.83 bits per heavy atom. The van der Waals surface area contributed by atoms with Gasteiger partial charge < -0.3 is 14.6 Å². The second-order valence-electron chi connectivity index (χ2n) is 3.38. The van der Waals surface area contributed by atoms with E-state index in [1.807, 2.05) is 0 Å². The summed E-state index contributed by atoms with van der Waals surface area (Å²) in [6.07, 6.45) is -0.197. The number of methoxy groups -OCH3 is 1. The first kappa shape index (κ1) is 13.7. The van der Waals surface area contributed by atoms with Crippen LogP contribution in [0.5, 0.6) is 5.75 Å². The lowest BCUT2D eigenvalue weighted by atomic mass is 10.2. The molecule has 96 valence electrons. The molecular weight excluding hydrogens is 240 g/mol. The van der Waals surface area contributed by atoms with E-state index in [9.17, 15) is 14.4 Å². The average molecular weight is 252 g/mol. The summed E-state index contributed by atoms with van der Waals surface area (Å²) in [4.78, 5) is 32.8. The number of esters is 2. The zero-order valence-corrected chi connectivity index (χ0v) is 9.71. The number of carboxylic acid groups (broad SMARTS) is 1. The zero-order chi connectivity index (χ0) is 13.5. The van der Waals surface area contributed by atoms with Crippen molar-refractivity contribution in [1.82, 2.24) is 0 Å². The summed E-state index contributed by atoms with van der Waals surface area (Å²) in [7, 11) is 1.23. The van der Waals surface area contributed by atoms with Gasteiger partial charge in [-0.15, -0.1) is 0 Å². The predicted octanol–water partition coefficient (Wildman–Crippen LogP) is 1.24. The van der Waals surface area contributed by atoms with Gasteiger partial charge in [-0.25, -0.2) is 4.79 Å². The normalized spacial score (nSPS) is 9.61. The van der Waals surface area contributed by atoms with E-state index in [2.05, 4.69) is 4.74 Å². The van der Waals surface area contributed by atoms with E-state index in [1.165, 1.54) is 31.4 Å². The van der Waals surface area contributed by atoms with Gasteiger partial charge in [0.1, 0.15) is 5.75 Å². The summed E-state index contributed by atoms with van der Waals surface area (Å²) in [6, 6.07) is 5.54. The molecule has 6 heteroatoms. The molecule has 0 aliphatic heterocycles. The Morgan fingerprint density at radius 1 is 1.17 bits per heavy atom. The van der Waals surface area contributed by atoms with Gasteiger partial charge in [-0.3, -0.25) is 9.59 Å². The van der Waals surface area contributed by atoms with Gasteiger partial charge in [0.25, 0.3) is 0 Å². The Hall–Kier alpha value is -2.37. The summed E-state index contributed by atoms with van der Waals surface area (Å²) in [5, 5.41) is 8.75. The van der Waals surface area contributed by atoms with Crippen molar-refractivity contribution in [2.24, 2.45) is 0 Å². The van der Waals surface area contributed by atoms with Crippen LogP contribution in [0.3, 0.4) is 0 Å². The number of carbonyl (C=O) groups excluding carboxylic acids is 2. The lowest BCUT2D eigenvalue weighted by Crippen LogP contribution is -2.11. The highest BCUT2D eigenvalue weighted by Crippen LogP contribution is 2.14. The number of ether oxygens (including phenoxy) is 2. The van der Waals surface area contributed by atoms with Gasteiger partial charge in [0.15, 0.2) is 0 Å². The summed E-state index contributed by atoms with van der Waals surface area (Å²) >= 11 is 0. The third-order valence-electron chi connectivity index (χ3n) is 2.07. The van der Waals surface area contributed by atoms with Gasteiger partial charge in [0.05, 0.1) is 25.5 Å². The highest BCUT2D eigenvalue weighted by atomic mass is 16.5. The molecule has 0 fully saturated rings. The van der Waals surface area contributed by atoms with Crippen LogP contribution in [0.2, 0.25) is 0 Å². The molecule has 0 saturated heterocycles. The minimum Gasteiger partial charge on any atom is -0.478 e. The molecule has 0 heterocycles. The van der Waals surface area contributed by atoms with E-state index >= 15 is 0 Å². The van der Waals surface area contributed by atoms with Gasteiger partial charge in [0, 0.05) is 0 Å². The molecule has 1 aromatic rings. The highest BCUT2D eigenvalue weighted by Gasteiger charge is 2.10. The molecule has 0 saturated carbocycles. The van der Waals surface area contributed by atoms with E-state index in [1.54, 1.807) is 0 Å². The molecule has 0 atom stereocenters. The number of rotatable bonds is 5. The number of benzene rings is 1. The minimum absolute atomic E-state index is 0.0215. The van der Waals surface area contributed by atoms with Crippen molar-refractivity contribution < 1.29 is 29.0 Å². The van der Waals surface area contributed by atoms with E-state index in [0.717, 1.165) is 0 Å². The van der Waals surface area contributed by atoms with Crippen LogP contribution >= 0.6 is 0 Å². The van der Waals surface area contributed by atoms with Crippen molar-refractivity contribution in [2.75, 3.05) is 7.11 Å². The lowest BCUT2D eigenvalue weighted by Gasteiger charge is -2.04. The topological polar surface area (TPSA) is 89.9 Å². The SMILES string of the molecule is COC(=O)CCC(=O)Oc1cccc(C(=O)O)c1. The van der Waals surface area contributed by atoms with Crippen LogP contribution in [-0.2, 0) is 14.3 Å². The molecule has 0 radical (unpaired) electrons. The molecule has 0 bridgehead atoms. The number of hydrogen-bond donors (Lipinski definition) is 1. The number of carboxylic acids is 1. The van der Waals surface area contributed by atoms with E-state index in [-0.39, 0.29) is 24.2 Å². The first-order valence-electron chi connectivity index (χ1n) is 5.14. The van der Waals surface area contributed by atoms with Crippen LogP contribution in [0.15, 0.2) is 24.3 Å². The predicted molar refractivity (Wildman–Crippen MR) is 60.3 cm³/mol. The summed E-state index contributed by atoms with van der Waals surface area (Å²) in [5.41, 5.74) is 0.0215. The van der Waals surface area contributed by atoms with Crippen molar-refractivity contribution in [3.05, 3.63) is 29.8 Å². The standard InChI is InChI=1S/C12H12O6/c1-17-10(13)5-6-11(14)18-9-4-2-3-8(7-9)12(15)16/h2-4,7H,5-6H2,1H3,(H,15,16). The van der Waals surface area contributed by atoms with Crippen molar-refractivity contribution in [2.45, 2.75) is 12.8 Å². The van der Waals surface area contributed by atoms with Crippen LogP contribution in [-0.4, -0.2) is 30.1 Å². The molecule has 0 aromatic heterocycles. The maximum Gasteiger partial charge on any atom is 0.335 e. The largest absolute Gasteiger partial charge is 0.478 e. The second kappa shape index (κ2) is 6.39. The molecule has 18 heavy (non-hydrogen) atoms. The van der Waals surface area contributed by atoms with Crippen LogP contribution in [0, 0.1) is 0 Å². The van der Waals surface area contributed by atoms with E-state index in [0.29, 0.717) is 0 Å². The smallest absolute Gasteiger partial charge is 0.335 e. The Morgan fingerprint density at radius 3 is 2.44 bits per heavy atom. The van der Waals surface area contributed by atoms with Crippen molar-refractivity contribution in [3.63, 3.8) is 0 Å². The van der Waals surface area contributed by atoms with Crippen LogP contribution < -0.4 is 4.74 Å². The van der Waals surface area contributed by atoms with Crippen molar-refractivity contribution in [1.29, 1.82) is 0 Å². The Labute approximate surface area is 103 Å².